The molecule has 1 aliphatic rings. The van der Waals surface area contributed by atoms with Gasteiger partial charge in [0.2, 0.25) is 17.6 Å². The number of rotatable bonds is 8. The number of carbonyl (C=O) groups excluding carboxylic acids is 1. The van der Waals surface area contributed by atoms with Gasteiger partial charge in [0.05, 0.1) is 6.54 Å². The fraction of sp³-hybridized carbons (Fsp3) is 0.375. The third-order valence-electron chi connectivity index (χ3n) is 5.60. The standard InChI is InChI=1S/C24H28N4O2/c29-24(25-15-7-10-19-8-3-1-4-9-19)21-13-16-28(17-14-21)18-22-26-23(27-30-22)20-11-5-2-6-12-20/h1-6,8-9,11-12,21H,7,10,13-18H2,(H,25,29). The smallest absolute Gasteiger partial charge is 0.241 e. The van der Waals surface area contributed by atoms with Crippen LogP contribution in [-0.4, -0.2) is 40.6 Å². The average Bonchev–Trinajstić information content (AvgIpc) is 3.27. The lowest BCUT2D eigenvalue weighted by atomic mass is 9.96. The number of likely N-dealkylation sites (tertiary alicyclic amines) is 1. The molecule has 6 heteroatoms. The van der Waals surface area contributed by atoms with Gasteiger partial charge in [0.15, 0.2) is 0 Å². The Morgan fingerprint density at radius 3 is 2.47 bits per heavy atom. The summed E-state index contributed by atoms with van der Waals surface area (Å²) in [7, 11) is 0. The fourth-order valence-corrected chi connectivity index (χ4v) is 3.86. The molecule has 0 bridgehead atoms. The number of hydrogen-bond donors (Lipinski definition) is 1. The van der Waals surface area contributed by atoms with E-state index in [-0.39, 0.29) is 11.8 Å². The molecule has 0 aliphatic carbocycles. The second-order valence-corrected chi connectivity index (χ2v) is 7.81. The van der Waals surface area contributed by atoms with Crippen LogP contribution >= 0.6 is 0 Å². The van der Waals surface area contributed by atoms with E-state index in [0.29, 0.717) is 18.3 Å². The lowest BCUT2D eigenvalue weighted by Crippen LogP contribution is -2.40. The van der Waals surface area contributed by atoms with E-state index in [1.54, 1.807) is 0 Å². The minimum absolute atomic E-state index is 0.0977. The van der Waals surface area contributed by atoms with Crippen LogP contribution < -0.4 is 5.32 Å². The Kier molecular flexibility index (Phi) is 6.87. The number of hydrogen-bond acceptors (Lipinski definition) is 5. The third-order valence-corrected chi connectivity index (χ3v) is 5.60. The lowest BCUT2D eigenvalue weighted by Gasteiger charge is -2.30. The molecule has 2 aromatic carbocycles. The monoisotopic (exact) mass is 404 g/mol. The molecule has 0 atom stereocenters. The first-order chi connectivity index (χ1) is 14.8. The van der Waals surface area contributed by atoms with Crippen LogP contribution in [0.2, 0.25) is 0 Å². The first-order valence-corrected chi connectivity index (χ1v) is 10.7. The first kappa shape index (κ1) is 20.3. The Hall–Kier alpha value is -2.99. The SMILES string of the molecule is O=C(NCCCc1ccccc1)C1CCN(Cc2nc(-c3ccccc3)no2)CC1. The maximum absolute atomic E-state index is 12.5. The number of aryl methyl sites for hydroxylation is 1. The summed E-state index contributed by atoms with van der Waals surface area (Å²) >= 11 is 0. The molecule has 1 amide bonds. The van der Waals surface area contributed by atoms with Crippen LogP contribution in [0.25, 0.3) is 11.4 Å². The molecule has 156 valence electrons. The highest BCUT2D eigenvalue weighted by atomic mass is 16.5. The highest BCUT2D eigenvalue weighted by molar-refractivity contribution is 5.78. The van der Waals surface area contributed by atoms with Gasteiger partial charge in [-0.25, -0.2) is 0 Å². The number of nitrogens with one attached hydrogen (secondary N) is 1. The maximum Gasteiger partial charge on any atom is 0.241 e. The molecular formula is C24H28N4O2. The Morgan fingerprint density at radius 1 is 1.03 bits per heavy atom. The summed E-state index contributed by atoms with van der Waals surface area (Å²) in [5.74, 6) is 1.53. The van der Waals surface area contributed by atoms with Gasteiger partial charge >= 0.3 is 0 Å². The molecule has 3 aromatic rings. The summed E-state index contributed by atoms with van der Waals surface area (Å²) in [4.78, 5) is 19.2. The third kappa shape index (κ3) is 5.54. The van der Waals surface area contributed by atoms with Crippen molar-refractivity contribution in [1.82, 2.24) is 20.4 Å². The summed E-state index contributed by atoms with van der Waals surface area (Å²) in [6.07, 6.45) is 3.69. The molecule has 0 unspecified atom stereocenters. The minimum Gasteiger partial charge on any atom is -0.356 e. The van der Waals surface area contributed by atoms with Crippen molar-refractivity contribution in [3.8, 4) is 11.4 Å². The highest BCUT2D eigenvalue weighted by Gasteiger charge is 2.25. The molecule has 6 nitrogen and oxygen atoms in total. The summed E-state index contributed by atoms with van der Waals surface area (Å²) < 4.78 is 5.42. The van der Waals surface area contributed by atoms with Gasteiger partial charge in [-0.2, -0.15) is 4.98 Å². The van der Waals surface area contributed by atoms with Crippen LogP contribution in [0.3, 0.4) is 0 Å². The molecule has 0 spiro atoms. The molecule has 0 saturated carbocycles. The molecule has 4 rings (SSSR count). The molecule has 1 aromatic heterocycles. The fourth-order valence-electron chi connectivity index (χ4n) is 3.86. The average molecular weight is 405 g/mol. The van der Waals surface area contributed by atoms with Gasteiger partial charge in [0.1, 0.15) is 0 Å². The number of carbonyl (C=O) groups is 1. The van der Waals surface area contributed by atoms with E-state index in [9.17, 15) is 4.79 Å². The van der Waals surface area contributed by atoms with Crippen LogP contribution in [0.1, 0.15) is 30.7 Å². The van der Waals surface area contributed by atoms with Crippen molar-refractivity contribution in [3.05, 3.63) is 72.1 Å². The van der Waals surface area contributed by atoms with Crippen molar-refractivity contribution in [2.45, 2.75) is 32.2 Å². The van der Waals surface area contributed by atoms with Gasteiger partial charge in [-0.1, -0.05) is 65.8 Å². The Labute approximate surface area is 177 Å². The molecule has 2 heterocycles. The van der Waals surface area contributed by atoms with Crippen molar-refractivity contribution in [2.75, 3.05) is 19.6 Å². The Balaban J connectivity index is 1.17. The van der Waals surface area contributed by atoms with E-state index >= 15 is 0 Å². The van der Waals surface area contributed by atoms with Gasteiger partial charge < -0.3 is 9.84 Å². The number of nitrogens with zero attached hydrogens (tertiary/aromatic N) is 3. The van der Waals surface area contributed by atoms with Crippen molar-refractivity contribution < 1.29 is 9.32 Å². The van der Waals surface area contributed by atoms with Gasteiger partial charge in [0.25, 0.3) is 0 Å². The van der Waals surface area contributed by atoms with Gasteiger partial charge in [-0.15, -0.1) is 0 Å². The van der Waals surface area contributed by atoms with E-state index in [4.69, 9.17) is 4.52 Å². The highest BCUT2D eigenvalue weighted by Crippen LogP contribution is 2.20. The van der Waals surface area contributed by atoms with Crippen molar-refractivity contribution in [3.63, 3.8) is 0 Å². The zero-order valence-corrected chi connectivity index (χ0v) is 17.2. The van der Waals surface area contributed by atoms with E-state index in [2.05, 4.69) is 44.6 Å². The van der Waals surface area contributed by atoms with Crippen LogP contribution in [0.15, 0.2) is 65.2 Å². The topological polar surface area (TPSA) is 71.3 Å². The van der Waals surface area contributed by atoms with E-state index in [0.717, 1.165) is 50.9 Å². The first-order valence-electron chi connectivity index (χ1n) is 10.7. The van der Waals surface area contributed by atoms with Gasteiger partial charge in [0, 0.05) is 18.0 Å². The Morgan fingerprint density at radius 2 is 1.73 bits per heavy atom. The van der Waals surface area contributed by atoms with Crippen molar-refractivity contribution in [1.29, 1.82) is 0 Å². The number of piperidine rings is 1. The normalized spacial score (nSPS) is 15.2. The Bertz CT molecular complexity index is 919. The number of amides is 1. The van der Waals surface area contributed by atoms with Gasteiger partial charge in [-0.3, -0.25) is 9.69 Å². The van der Waals surface area contributed by atoms with Crippen LogP contribution in [-0.2, 0) is 17.8 Å². The van der Waals surface area contributed by atoms with Gasteiger partial charge in [-0.05, 0) is 44.3 Å². The maximum atomic E-state index is 12.5. The van der Waals surface area contributed by atoms with Crippen molar-refractivity contribution >= 4 is 5.91 Å². The summed E-state index contributed by atoms with van der Waals surface area (Å²) in [5, 5.41) is 7.19. The zero-order valence-electron chi connectivity index (χ0n) is 17.2. The largest absolute Gasteiger partial charge is 0.356 e. The number of benzene rings is 2. The molecule has 1 N–H and O–H groups in total. The molecule has 1 fully saturated rings. The molecule has 1 saturated heterocycles. The molecule has 0 radical (unpaired) electrons. The predicted octanol–water partition coefficient (Wildman–Crippen LogP) is 3.70. The predicted molar refractivity (Wildman–Crippen MR) is 116 cm³/mol. The van der Waals surface area contributed by atoms with Crippen LogP contribution in [0, 0.1) is 5.92 Å². The molecule has 1 aliphatic heterocycles. The van der Waals surface area contributed by atoms with Crippen LogP contribution in [0.5, 0.6) is 0 Å². The molecular weight excluding hydrogens is 376 g/mol. The van der Waals surface area contributed by atoms with E-state index in [1.807, 2.05) is 36.4 Å². The minimum atomic E-state index is 0.0977. The van der Waals surface area contributed by atoms with E-state index in [1.165, 1.54) is 5.56 Å². The zero-order chi connectivity index (χ0) is 20.6. The lowest BCUT2D eigenvalue weighted by molar-refractivity contribution is -0.126. The van der Waals surface area contributed by atoms with E-state index < -0.39 is 0 Å². The summed E-state index contributed by atoms with van der Waals surface area (Å²) in [6, 6.07) is 20.2. The molecule has 30 heavy (non-hydrogen) atoms. The summed E-state index contributed by atoms with van der Waals surface area (Å²) in [5.41, 5.74) is 2.27. The van der Waals surface area contributed by atoms with Crippen LogP contribution in [0.4, 0.5) is 0 Å². The second kappa shape index (κ2) is 10.2. The summed E-state index contributed by atoms with van der Waals surface area (Å²) in [6.45, 7) is 3.10. The number of aromatic nitrogens is 2. The second-order valence-electron chi connectivity index (χ2n) is 7.81. The quantitative estimate of drug-likeness (QED) is 0.580. The van der Waals surface area contributed by atoms with Crippen molar-refractivity contribution in [2.24, 2.45) is 5.92 Å².